The molecule has 0 aliphatic carbocycles. The van der Waals surface area contributed by atoms with Gasteiger partial charge in [-0.2, -0.15) is 0 Å². The fraction of sp³-hybridized carbons (Fsp3) is 0.333. The molecular weight excluding hydrogens is 262 g/mol. The molecule has 0 bridgehead atoms. The molecule has 0 spiro atoms. The van der Waals surface area contributed by atoms with Crippen LogP contribution in [0, 0.1) is 0 Å². The van der Waals surface area contributed by atoms with Gasteiger partial charge in [-0.05, 0) is 57.2 Å². The van der Waals surface area contributed by atoms with E-state index in [1.54, 1.807) is 0 Å². The molecule has 21 heavy (non-hydrogen) atoms. The molecule has 0 saturated heterocycles. The van der Waals surface area contributed by atoms with Gasteiger partial charge in [0, 0.05) is 0 Å². The first kappa shape index (κ1) is 15.4. The van der Waals surface area contributed by atoms with Crippen LogP contribution in [0.4, 0.5) is 0 Å². The van der Waals surface area contributed by atoms with Crippen molar-refractivity contribution in [3.63, 3.8) is 0 Å². The average molecular weight is 285 g/mol. The summed E-state index contributed by atoms with van der Waals surface area (Å²) < 4.78 is 11.3. The Kier molecular flexibility index (Phi) is 6.10. The number of rotatable bonds is 8. The molecule has 3 nitrogen and oxygen atoms in total. The highest BCUT2D eigenvalue weighted by Crippen LogP contribution is 2.20. The van der Waals surface area contributed by atoms with Crippen LogP contribution in [0.3, 0.4) is 0 Å². The molecule has 2 aromatic carbocycles. The van der Waals surface area contributed by atoms with E-state index in [1.165, 1.54) is 5.56 Å². The SMILES string of the molecule is CN(C)CCCc1ccccc1OCOc1ccccc1. The summed E-state index contributed by atoms with van der Waals surface area (Å²) in [5, 5.41) is 0. The molecule has 3 heteroatoms. The highest BCUT2D eigenvalue weighted by atomic mass is 16.7. The third-order valence-electron chi connectivity index (χ3n) is 3.21. The van der Waals surface area contributed by atoms with Gasteiger partial charge < -0.3 is 14.4 Å². The first-order chi connectivity index (χ1) is 10.3. The molecule has 2 rings (SSSR count). The van der Waals surface area contributed by atoms with Gasteiger partial charge >= 0.3 is 0 Å². The summed E-state index contributed by atoms with van der Waals surface area (Å²) in [6.45, 7) is 1.31. The summed E-state index contributed by atoms with van der Waals surface area (Å²) in [6.07, 6.45) is 2.13. The van der Waals surface area contributed by atoms with Crippen molar-refractivity contribution in [2.45, 2.75) is 12.8 Å². The summed E-state index contributed by atoms with van der Waals surface area (Å²) in [4.78, 5) is 2.20. The van der Waals surface area contributed by atoms with Gasteiger partial charge in [0.25, 0.3) is 0 Å². The molecule has 0 saturated carbocycles. The predicted molar refractivity (Wildman–Crippen MR) is 85.9 cm³/mol. The van der Waals surface area contributed by atoms with Gasteiger partial charge in [-0.25, -0.2) is 0 Å². The standard InChI is InChI=1S/C18H23NO2/c1-19(2)14-8-10-16-9-6-7-13-18(16)21-15-20-17-11-4-3-5-12-17/h3-7,9,11-13H,8,10,14-15H2,1-2H3. The second-order valence-corrected chi connectivity index (χ2v) is 5.23. The Bertz CT molecular complexity index is 526. The lowest BCUT2D eigenvalue weighted by Gasteiger charge is -2.13. The largest absolute Gasteiger partial charge is 0.458 e. The van der Waals surface area contributed by atoms with E-state index in [-0.39, 0.29) is 6.79 Å². The van der Waals surface area contributed by atoms with Crippen molar-refractivity contribution in [2.24, 2.45) is 0 Å². The van der Waals surface area contributed by atoms with E-state index in [0.29, 0.717) is 0 Å². The van der Waals surface area contributed by atoms with Crippen LogP contribution in [0.5, 0.6) is 11.5 Å². The number of benzene rings is 2. The molecule has 0 aromatic heterocycles. The maximum Gasteiger partial charge on any atom is 0.230 e. The van der Waals surface area contributed by atoms with Crippen molar-refractivity contribution < 1.29 is 9.47 Å². The topological polar surface area (TPSA) is 21.7 Å². The Morgan fingerprint density at radius 3 is 2.33 bits per heavy atom. The minimum absolute atomic E-state index is 0.231. The first-order valence-electron chi connectivity index (χ1n) is 7.29. The van der Waals surface area contributed by atoms with Gasteiger partial charge in [0.15, 0.2) is 0 Å². The lowest BCUT2D eigenvalue weighted by molar-refractivity contribution is 0.118. The van der Waals surface area contributed by atoms with E-state index >= 15 is 0 Å². The Hall–Kier alpha value is -2.00. The molecule has 0 heterocycles. The molecule has 0 unspecified atom stereocenters. The maximum absolute atomic E-state index is 5.76. The lowest BCUT2D eigenvalue weighted by Crippen LogP contribution is -2.14. The van der Waals surface area contributed by atoms with Crippen molar-refractivity contribution in [2.75, 3.05) is 27.4 Å². The Balaban J connectivity index is 1.84. The number of ether oxygens (including phenoxy) is 2. The summed E-state index contributed by atoms with van der Waals surface area (Å²) in [5.74, 6) is 1.73. The third-order valence-corrected chi connectivity index (χ3v) is 3.21. The van der Waals surface area contributed by atoms with Crippen LogP contribution in [-0.2, 0) is 6.42 Å². The Morgan fingerprint density at radius 2 is 1.57 bits per heavy atom. The zero-order valence-electron chi connectivity index (χ0n) is 12.8. The van der Waals surface area contributed by atoms with Crippen molar-refractivity contribution in [1.29, 1.82) is 0 Å². The van der Waals surface area contributed by atoms with Crippen LogP contribution in [0.2, 0.25) is 0 Å². The predicted octanol–water partition coefficient (Wildman–Crippen LogP) is 3.60. The smallest absolute Gasteiger partial charge is 0.230 e. The number of aryl methyl sites for hydroxylation is 1. The minimum Gasteiger partial charge on any atom is -0.458 e. The fourth-order valence-corrected chi connectivity index (χ4v) is 2.11. The zero-order chi connectivity index (χ0) is 14.9. The van der Waals surface area contributed by atoms with E-state index in [2.05, 4.69) is 31.1 Å². The molecule has 0 atom stereocenters. The molecule has 0 amide bonds. The van der Waals surface area contributed by atoms with Crippen LogP contribution < -0.4 is 9.47 Å². The number of hydrogen-bond acceptors (Lipinski definition) is 3. The van der Waals surface area contributed by atoms with Crippen molar-refractivity contribution in [3.8, 4) is 11.5 Å². The number of para-hydroxylation sites is 2. The van der Waals surface area contributed by atoms with Crippen LogP contribution in [0.1, 0.15) is 12.0 Å². The summed E-state index contributed by atoms with van der Waals surface area (Å²) >= 11 is 0. The monoisotopic (exact) mass is 285 g/mol. The van der Waals surface area contributed by atoms with Gasteiger partial charge in [-0.15, -0.1) is 0 Å². The van der Waals surface area contributed by atoms with Gasteiger partial charge in [0.1, 0.15) is 11.5 Å². The maximum atomic E-state index is 5.76. The molecule has 0 radical (unpaired) electrons. The van der Waals surface area contributed by atoms with E-state index in [4.69, 9.17) is 9.47 Å². The summed E-state index contributed by atoms with van der Waals surface area (Å²) in [5.41, 5.74) is 1.23. The van der Waals surface area contributed by atoms with Crippen LogP contribution in [0.25, 0.3) is 0 Å². The fourth-order valence-electron chi connectivity index (χ4n) is 2.11. The van der Waals surface area contributed by atoms with E-state index in [0.717, 1.165) is 30.9 Å². The third kappa shape index (κ3) is 5.48. The number of nitrogens with zero attached hydrogens (tertiary/aromatic N) is 1. The molecule has 112 valence electrons. The Labute approximate surface area is 127 Å². The molecular formula is C18H23NO2. The second kappa shape index (κ2) is 8.32. The van der Waals surface area contributed by atoms with E-state index < -0.39 is 0 Å². The molecule has 0 aliphatic heterocycles. The minimum atomic E-state index is 0.231. The normalized spacial score (nSPS) is 10.6. The van der Waals surface area contributed by atoms with Gasteiger partial charge in [0.2, 0.25) is 6.79 Å². The lowest BCUT2D eigenvalue weighted by atomic mass is 10.1. The molecule has 2 aromatic rings. The zero-order valence-corrected chi connectivity index (χ0v) is 12.8. The first-order valence-corrected chi connectivity index (χ1v) is 7.29. The molecule has 0 aliphatic rings. The van der Waals surface area contributed by atoms with Crippen LogP contribution in [-0.4, -0.2) is 32.3 Å². The highest BCUT2D eigenvalue weighted by Gasteiger charge is 2.03. The van der Waals surface area contributed by atoms with E-state index in [1.807, 2.05) is 42.5 Å². The van der Waals surface area contributed by atoms with Gasteiger partial charge in [0.05, 0.1) is 0 Å². The molecule has 0 N–H and O–H groups in total. The van der Waals surface area contributed by atoms with Crippen LogP contribution >= 0.6 is 0 Å². The van der Waals surface area contributed by atoms with Crippen LogP contribution in [0.15, 0.2) is 54.6 Å². The summed E-state index contributed by atoms with van der Waals surface area (Å²) in [6, 6.07) is 17.9. The quantitative estimate of drug-likeness (QED) is 0.692. The van der Waals surface area contributed by atoms with E-state index in [9.17, 15) is 0 Å². The number of hydrogen-bond donors (Lipinski definition) is 0. The van der Waals surface area contributed by atoms with Gasteiger partial charge in [-0.3, -0.25) is 0 Å². The molecule has 0 fully saturated rings. The van der Waals surface area contributed by atoms with Gasteiger partial charge in [-0.1, -0.05) is 36.4 Å². The second-order valence-electron chi connectivity index (χ2n) is 5.23. The Morgan fingerprint density at radius 1 is 0.857 bits per heavy atom. The average Bonchev–Trinajstić information content (AvgIpc) is 2.49. The van der Waals surface area contributed by atoms with Crippen molar-refractivity contribution >= 4 is 0 Å². The highest BCUT2D eigenvalue weighted by molar-refractivity contribution is 5.33. The van der Waals surface area contributed by atoms with Crippen molar-refractivity contribution in [3.05, 3.63) is 60.2 Å². The summed E-state index contributed by atoms with van der Waals surface area (Å²) in [7, 11) is 4.19. The van der Waals surface area contributed by atoms with Crippen molar-refractivity contribution in [1.82, 2.24) is 4.90 Å².